The van der Waals surface area contributed by atoms with E-state index in [0.717, 1.165) is 16.8 Å². The number of ketones is 1. The van der Waals surface area contributed by atoms with Gasteiger partial charge in [0.05, 0.1) is 12.7 Å². The van der Waals surface area contributed by atoms with Crippen molar-refractivity contribution in [3.63, 3.8) is 0 Å². The number of aromatic amines is 2. The Balaban J connectivity index is 1.41. The summed E-state index contributed by atoms with van der Waals surface area (Å²) in [5.74, 6) is 1.43. The molecule has 0 amide bonds. The summed E-state index contributed by atoms with van der Waals surface area (Å²) in [6.07, 6.45) is 1.13. The molecule has 2 unspecified atom stereocenters. The maximum Gasteiger partial charge on any atom is 0.270 e. The van der Waals surface area contributed by atoms with Crippen molar-refractivity contribution in [2.24, 2.45) is 0 Å². The van der Waals surface area contributed by atoms with E-state index in [0.29, 0.717) is 47.9 Å². The summed E-state index contributed by atoms with van der Waals surface area (Å²) in [5.41, 5.74) is 3.62. The quantitative estimate of drug-likeness (QED) is 0.334. The average Bonchev–Trinajstić information content (AvgIpc) is 3.57. The number of nitrogens with one attached hydrogen (secondary N) is 3. The van der Waals surface area contributed by atoms with Gasteiger partial charge < -0.3 is 14.8 Å². The van der Waals surface area contributed by atoms with Crippen molar-refractivity contribution < 1.29 is 14.3 Å². The number of hydrogen-bond donors (Lipinski definition) is 3. The average molecular weight is 500 g/mol. The number of carbonyl (C=O) groups is 1. The minimum Gasteiger partial charge on any atom is -0.493 e. The fourth-order valence-electron chi connectivity index (χ4n) is 5.20. The van der Waals surface area contributed by atoms with Crippen LogP contribution in [0.3, 0.4) is 0 Å². The smallest absolute Gasteiger partial charge is 0.270 e. The molecule has 0 radical (unpaired) electrons. The Morgan fingerprint density at radius 3 is 2.61 bits per heavy atom. The van der Waals surface area contributed by atoms with Crippen molar-refractivity contribution >= 4 is 22.9 Å². The van der Waals surface area contributed by atoms with E-state index in [-0.39, 0.29) is 17.3 Å². The molecule has 8 heteroatoms. The van der Waals surface area contributed by atoms with Crippen LogP contribution in [0, 0.1) is 0 Å². The molecular weight excluding hydrogens is 474 g/mol. The monoisotopic (exact) mass is 499 g/mol. The highest BCUT2D eigenvalue weighted by atomic mass is 32.1. The van der Waals surface area contributed by atoms with Crippen molar-refractivity contribution in [2.75, 3.05) is 12.4 Å². The van der Waals surface area contributed by atoms with E-state index in [4.69, 9.17) is 9.47 Å². The number of anilines is 1. The number of methoxy groups -OCH3 is 1. The molecule has 36 heavy (non-hydrogen) atoms. The van der Waals surface area contributed by atoms with Crippen LogP contribution >= 0.6 is 11.3 Å². The van der Waals surface area contributed by atoms with E-state index in [1.54, 1.807) is 18.4 Å². The van der Waals surface area contributed by atoms with Crippen molar-refractivity contribution in [1.82, 2.24) is 10.2 Å². The first-order valence-corrected chi connectivity index (χ1v) is 12.7. The van der Waals surface area contributed by atoms with Crippen LogP contribution < -0.4 is 20.3 Å². The number of carbonyl (C=O) groups excluding carboxylic acids is 1. The van der Waals surface area contributed by atoms with Gasteiger partial charge in [-0.1, -0.05) is 42.5 Å². The molecule has 0 fully saturated rings. The lowest BCUT2D eigenvalue weighted by atomic mass is 9.74. The number of thiophene rings is 1. The standard InChI is InChI=1S/C28H25N3O4S/c1-34-21-10-9-17(14-22(21)35-15-16-6-3-2-4-7-16)24-25-19(29-27-26(24)28(33)31-30-27)12-18(13-20(25)32)23-8-5-11-36-23/h2-11,14,18,24H,12-13,15H2,1H3,(H3,29,30,31,33). The molecule has 1 aliphatic heterocycles. The van der Waals surface area contributed by atoms with Crippen LogP contribution in [0.25, 0.3) is 0 Å². The first kappa shape index (κ1) is 22.4. The summed E-state index contributed by atoms with van der Waals surface area (Å²) in [6.45, 7) is 0.373. The summed E-state index contributed by atoms with van der Waals surface area (Å²) >= 11 is 1.67. The fourth-order valence-corrected chi connectivity index (χ4v) is 6.03. The van der Waals surface area contributed by atoms with E-state index in [1.807, 2.05) is 60.0 Å². The Morgan fingerprint density at radius 2 is 1.83 bits per heavy atom. The van der Waals surface area contributed by atoms with Crippen LogP contribution in [0.15, 0.2) is 82.1 Å². The first-order valence-electron chi connectivity index (χ1n) is 11.8. The Labute approximate surface area is 211 Å². The molecule has 3 heterocycles. The van der Waals surface area contributed by atoms with Gasteiger partial charge in [0, 0.05) is 34.4 Å². The van der Waals surface area contributed by atoms with Crippen molar-refractivity contribution in [3.05, 3.63) is 109 Å². The minimum atomic E-state index is -0.506. The van der Waals surface area contributed by atoms with Crippen LogP contribution in [0.1, 0.15) is 46.2 Å². The number of benzene rings is 2. The molecule has 182 valence electrons. The Bertz CT molecular complexity index is 1500. The highest BCUT2D eigenvalue weighted by molar-refractivity contribution is 7.10. The molecule has 0 bridgehead atoms. The topological polar surface area (TPSA) is 96.2 Å². The molecule has 0 saturated carbocycles. The lowest BCUT2D eigenvalue weighted by molar-refractivity contribution is -0.116. The largest absolute Gasteiger partial charge is 0.493 e. The van der Waals surface area contributed by atoms with Crippen LogP contribution in [-0.2, 0) is 11.4 Å². The second kappa shape index (κ2) is 9.20. The highest BCUT2D eigenvalue weighted by Gasteiger charge is 2.40. The molecule has 4 aromatic rings. The second-order valence-corrected chi connectivity index (χ2v) is 10.0. The zero-order valence-electron chi connectivity index (χ0n) is 19.7. The zero-order valence-corrected chi connectivity index (χ0v) is 20.5. The number of Topliss-reactive ketones (excluding diaryl/α,β-unsaturated/α-hetero) is 1. The molecule has 1 aliphatic carbocycles. The van der Waals surface area contributed by atoms with Gasteiger partial charge in [0.2, 0.25) is 0 Å². The summed E-state index contributed by atoms with van der Waals surface area (Å²) in [5, 5.41) is 11.0. The maximum absolute atomic E-state index is 13.6. The van der Waals surface area contributed by atoms with Crippen LogP contribution in [0.5, 0.6) is 11.5 Å². The minimum absolute atomic E-state index is 0.0565. The Kier molecular flexibility index (Phi) is 5.73. The third-order valence-electron chi connectivity index (χ3n) is 6.88. The van der Waals surface area contributed by atoms with Gasteiger partial charge in [0.1, 0.15) is 12.4 Å². The van der Waals surface area contributed by atoms with Gasteiger partial charge in [-0.3, -0.25) is 19.8 Å². The van der Waals surface area contributed by atoms with Crippen LogP contribution in [0.2, 0.25) is 0 Å². The van der Waals surface area contributed by atoms with E-state index in [9.17, 15) is 9.59 Å². The molecule has 6 rings (SSSR count). The number of hydrogen-bond acceptors (Lipinski definition) is 6. The lowest BCUT2D eigenvalue weighted by Gasteiger charge is -2.34. The molecule has 7 nitrogen and oxygen atoms in total. The zero-order chi connectivity index (χ0) is 24.6. The normalized spacial score (nSPS) is 18.9. The van der Waals surface area contributed by atoms with Gasteiger partial charge in [-0.15, -0.1) is 11.3 Å². The van der Waals surface area contributed by atoms with Gasteiger partial charge in [0.15, 0.2) is 17.3 Å². The van der Waals surface area contributed by atoms with Crippen LogP contribution in [0.4, 0.5) is 5.82 Å². The van der Waals surface area contributed by atoms with E-state index >= 15 is 0 Å². The molecule has 0 spiro atoms. The van der Waals surface area contributed by atoms with Gasteiger partial charge in [-0.05, 0) is 41.1 Å². The van der Waals surface area contributed by atoms with Gasteiger partial charge in [0.25, 0.3) is 5.56 Å². The number of rotatable bonds is 6. The molecule has 2 aromatic heterocycles. The Morgan fingerprint density at radius 1 is 0.972 bits per heavy atom. The van der Waals surface area contributed by atoms with Crippen molar-refractivity contribution in [1.29, 1.82) is 0 Å². The SMILES string of the molecule is COc1ccc(C2C3=C(CC(c4cccs4)CC3=O)Nc3[nH][nH]c(=O)c32)cc1OCc1ccccc1. The van der Waals surface area contributed by atoms with Gasteiger partial charge in [-0.25, -0.2) is 0 Å². The molecular formula is C28H25N3O4S. The third-order valence-corrected chi connectivity index (χ3v) is 7.91. The molecule has 2 aliphatic rings. The maximum atomic E-state index is 13.6. The number of aromatic nitrogens is 2. The number of H-pyrrole nitrogens is 2. The van der Waals surface area contributed by atoms with Crippen molar-refractivity contribution in [3.8, 4) is 11.5 Å². The molecule has 3 N–H and O–H groups in total. The van der Waals surface area contributed by atoms with E-state index < -0.39 is 5.92 Å². The third kappa shape index (κ3) is 3.93. The fraction of sp³-hybridized carbons (Fsp3) is 0.214. The van der Waals surface area contributed by atoms with Gasteiger partial charge in [-0.2, -0.15) is 0 Å². The Hall–Kier alpha value is -4.04. The highest BCUT2D eigenvalue weighted by Crippen LogP contribution is 2.48. The summed E-state index contributed by atoms with van der Waals surface area (Å²) in [7, 11) is 1.60. The molecule has 0 saturated heterocycles. The number of allylic oxidation sites excluding steroid dienone is 2. The van der Waals surface area contributed by atoms with Crippen molar-refractivity contribution in [2.45, 2.75) is 31.3 Å². The van der Waals surface area contributed by atoms with Crippen LogP contribution in [-0.4, -0.2) is 23.1 Å². The second-order valence-electron chi connectivity index (χ2n) is 9.05. The number of ether oxygens (including phenoxy) is 2. The van der Waals surface area contributed by atoms with E-state index in [2.05, 4.69) is 21.6 Å². The first-order chi connectivity index (χ1) is 17.6. The summed E-state index contributed by atoms with van der Waals surface area (Å²) in [4.78, 5) is 27.7. The number of fused-ring (bicyclic) bond motifs is 1. The van der Waals surface area contributed by atoms with Gasteiger partial charge >= 0.3 is 0 Å². The molecule has 2 atom stereocenters. The lowest BCUT2D eigenvalue weighted by Crippen LogP contribution is -2.31. The summed E-state index contributed by atoms with van der Waals surface area (Å²) < 4.78 is 11.7. The molecule has 2 aromatic carbocycles. The predicted molar refractivity (Wildman–Crippen MR) is 139 cm³/mol. The predicted octanol–water partition coefficient (Wildman–Crippen LogP) is 5.31. The summed E-state index contributed by atoms with van der Waals surface area (Å²) in [6, 6.07) is 19.6. The van der Waals surface area contributed by atoms with E-state index in [1.165, 1.54) is 4.88 Å².